The lowest BCUT2D eigenvalue weighted by molar-refractivity contribution is 0.0697. The highest BCUT2D eigenvalue weighted by molar-refractivity contribution is 7.51. The lowest BCUT2D eigenvalue weighted by Crippen LogP contribution is -1.96. The van der Waals surface area contributed by atoms with Crippen LogP contribution in [0.5, 0.6) is 5.75 Å². The van der Waals surface area contributed by atoms with Crippen molar-refractivity contribution in [3.63, 3.8) is 0 Å². The molecule has 2 aromatic carbocycles. The second-order valence-electron chi connectivity index (χ2n) is 5.43. The molecule has 0 bridgehead atoms. The number of benzene rings is 2. The highest BCUT2D eigenvalue weighted by Gasteiger charge is 2.03. The van der Waals surface area contributed by atoms with Gasteiger partial charge < -0.3 is 9.63 Å². The van der Waals surface area contributed by atoms with Crippen LogP contribution in [-0.4, -0.2) is 24.4 Å². The predicted molar refractivity (Wildman–Crippen MR) is 98.0 cm³/mol. The molecule has 1 N–H and O–H groups in total. The second kappa shape index (κ2) is 10.0. The Morgan fingerprint density at radius 1 is 0.957 bits per heavy atom. The molecule has 0 spiro atoms. The van der Waals surface area contributed by atoms with Gasteiger partial charge in [-0.25, -0.2) is 4.79 Å². The van der Waals surface area contributed by atoms with Crippen molar-refractivity contribution in [1.29, 1.82) is 0 Å². The summed E-state index contributed by atoms with van der Waals surface area (Å²) in [5.41, 5.74) is 2.59. The van der Waals surface area contributed by atoms with E-state index < -0.39 is 14.1 Å². The summed E-state index contributed by atoms with van der Waals surface area (Å²) in [6.07, 6.45) is 2.03. The highest BCUT2D eigenvalue weighted by Crippen LogP contribution is 2.29. The zero-order valence-corrected chi connectivity index (χ0v) is 15.1. The molecule has 3 nitrogen and oxygen atoms in total. The van der Waals surface area contributed by atoms with Crippen LogP contribution < -0.4 is 4.52 Å². The minimum Gasteiger partial charge on any atom is -0.478 e. The molecule has 124 valence electrons. The normalized spacial score (nSPS) is 9.96. The molecule has 0 aromatic heterocycles. The quantitative estimate of drug-likeness (QED) is 0.743. The van der Waals surface area contributed by atoms with Gasteiger partial charge in [0.1, 0.15) is 5.75 Å². The van der Waals surface area contributed by atoms with Crippen LogP contribution >= 0.6 is 8.15 Å². The number of hydrogen-bond acceptors (Lipinski definition) is 2. The van der Waals surface area contributed by atoms with Crippen LogP contribution in [0.4, 0.5) is 0 Å². The smallest absolute Gasteiger partial charge is 0.335 e. The van der Waals surface area contributed by atoms with Crippen LogP contribution in [0.1, 0.15) is 41.8 Å². The van der Waals surface area contributed by atoms with E-state index >= 15 is 0 Å². The van der Waals surface area contributed by atoms with Gasteiger partial charge in [-0.15, -0.1) is 0 Å². The average Bonchev–Trinajstić information content (AvgIpc) is 2.50. The molecule has 2 aromatic rings. The minimum atomic E-state index is -0.895. The summed E-state index contributed by atoms with van der Waals surface area (Å²) in [6, 6.07) is 15.0. The fourth-order valence-corrected chi connectivity index (χ4v) is 2.42. The molecular weight excluding hydrogens is 307 g/mol. The van der Waals surface area contributed by atoms with E-state index in [1.165, 1.54) is 12.0 Å². The molecule has 4 heteroatoms. The lowest BCUT2D eigenvalue weighted by atomic mass is 10.0. The van der Waals surface area contributed by atoms with Gasteiger partial charge in [0.15, 0.2) is 0 Å². The molecule has 2 rings (SSSR count). The maximum atomic E-state index is 10.8. The third-order valence-electron chi connectivity index (χ3n) is 2.82. The molecule has 0 aliphatic heterocycles. The molecule has 0 aliphatic carbocycles. The molecule has 0 fully saturated rings. The standard InChI is InChI=1S/C16H17O3P.C3H8/c1-20(2)19-15-9-5-13(6-10-15)11-12-3-7-14(8-4-12)16(17)18;1-3-2/h3-10H,11H2,1-2H3,(H,17,18);3H2,1-2H3. The predicted octanol–water partition coefficient (Wildman–Crippen LogP) is 5.43. The van der Waals surface area contributed by atoms with E-state index in [-0.39, 0.29) is 0 Å². The third kappa shape index (κ3) is 7.30. The van der Waals surface area contributed by atoms with Gasteiger partial charge in [-0.05, 0) is 55.1 Å². The topological polar surface area (TPSA) is 46.5 Å². The highest BCUT2D eigenvalue weighted by atomic mass is 31.1. The first-order valence-corrected chi connectivity index (χ1v) is 9.88. The van der Waals surface area contributed by atoms with E-state index in [1.807, 2.05) is 36.4 Å². The number of carbonyl (C=O) groups is 1. The first-order valence-electron chi connectivity index (χ1n) is 7.72. The van der Waals surface area contributed by atoms with E-state index in [0.29, 0.717) is 5.56 Å². The molecule has 0 radical (unpaired) electrons. The first kappa shape index (κ1) is 19.2. The Morgan fingerprint density at radius 3 is 1.78 bits per heavy atom. The Morgan fingerprint density at radius 2 is 1.39 bits per heavy atom. The molecule has 0 heterocycles. The Labute approximate surface area is 140 Å². The van der Waals surface area contributed by atoms with Crippen LogP contribution in [-0.2, 0) is 6.42 Å². The minimum absolute atomic E-state index is 0.316. The van der Waals surface area contributed by atoms with E-state index in [9.17, 15) is 4.79 Å². The van der Waals surface area contributed by atoms with Gasteiger partial charge in [0.05, 0.1) is 13.7 Å². The van der Waals surface area contributed by atoms with Crippen molar-refractivity contribution in [2.24, 2.45) is 0 Å². The largest absolute Gasteiger partial charge is 0.478 e. The molecule has 0 aliphatic rings. The summed E-state index contributed by atoms with van der Waals surface area (Å²) in [5.74, 6) is -0.000215. The van der Waals surface area contributed by atoms with E-state index in [2.05, 4.69) is 27.2 Å². The Balaban J connectivity index is 0.000000816. The van der Waals surface area contributed by atoms with Gasteiger partial charge in [-0.3, -0.25) is 0 Å². The van der Waals surface area contributed by atoms with Gasteiger partial charge in [0.2, 0.25) is 0 Å². The summed E-state index contributed by atoms with van der Waals surface area (Å²) in [4.78, 5) is 10.8. The van der Waals surface area contributed by atoms with E-state index in [0.717, 1.165) is 17.7 Å². The van der Waals surface area contributed by atoms with Crippen molar-refractivity contribution in [2.75, 3.05) is 13.3 Å². The maximum Gasteiger partial charge on any atom is 0.335 e. The van der Waals surface area contributed by atoms with E-state index in [1.54, 1.807) is 12.1 Å². The van der Waals surface area contributed by atoms with Crippen LogP contribution in [0, 0.1) is 0 Å². The molecule has 0 amide bonds. The van der Waals surface area contributed by atoms with Crippen molar-refractivity contribution in [1.82, 2.24) is 0 Å². The summed E-state index contributed by atoms with van der Waals surface area (Å²) >= 11 is 0. The zero-order valence-electron chi connectivity index (χ0n) is 14.2. The van der Waals surface area contributed by atoms with Crippen LogP contribution in [0.25, 0.3) is 0 Å². The summed E-state index contributed by atoms with van der Waals surface area (Å²) in [6.45, 7) is 8.38. The van der Waals surface area contributed by atoms with Crippen molar-refractivity contribution >= 4 is 14.1 Å². The molecular formula is C19H25O3P. The molecule has 0 saturated heterocycles. The fraction of sp³-hybridized carbons (Fsp3) is 0.316. The van der Waals surface area contributed by atoms with Gasteiger partial charge in [0, 0.05) is 0 Å². The number of hydrogen-bond donors (Lipinski definition) is 1. The fourth-order valence-electron chi connectivity index (χ4n) is 1.88. The molecule has 0 unspecified atom stereocenters. The molecule has 23 heavy (non-hydrogen) atoms. The number of carboxylic acid groups (broad SMARTS) is 1. The average molecular weight is 332 g/mol. The monoisotopic (exact) mass is 332 g/mol. The summed E-state index contributed by atoms with van der Waals surface area (Å²) < 4.78 is 5.66. The van der Waals surface area contributed by atoms with E-state index in [4.69, 9.17) is 9.63 Å². The van der Waals surface area contributed by atoms with Crippen LogP contribution in [0.2, 0.25) is 0 Å². The SMILES string of the molecule is CCC.CP(C)Oc1ccc(Cc2ccc(C(=O)O)cc2)cc1. The Kier molecular flexibility index (Phi) is 8.36. The number of aromatic carboxylic acids is 1. The zero-order chi connectivity index (χ0) is 17.2. The van der Waals surface area contributed by atoms with Crippen LogP contribution in [0.15, 0.2) is 48.5 Å². The summed E-state index contributed by atoms with van der Waals surface area (Å²) in [7, 11) is -0.400. The van der Waals surface area contributed by atoms with Gasteiger partial charge in [-0.2, -0.15) is 0 Å². The van der Waals surface area contributed by atoms with Crippen molar-refractivity contribution in [3.8, 4) is 5.75 Å². The van der Waals surface area contributed by atoms with Gasteiger partial charge >= 0.3 is 5.97 Å². The van der Waals surface area contributed by atoms with Crippen LogP contribution in [0.3, 0.4) is 0 Å². The number of rotatable bonds is 5. The maximum absolute atomic E-state index is 10.8. The lowest BCUT2D eigenvalue weighted by Gasteiger charge is -2.09. The first-order chi connectivity index (χ1) is 11.0. The van der Waals surface area contributed by atoms with Crippen molar-refractivity contribution in [2.45, 2.75) is 26.7 Å². The number of carboxylic acids is 1. The van der Waals surface area contributed by atoms with Crippen molar-refractivity contribution in [3.05, 3.63) is 65.2 Å². The molecule has 0 atom stereocenters. The van der Waals surface area contributed by atoms with Crippen molar-refractivity contribution < 1.29 is 14.4 Å². The third-order valence-corrected chi connectivity index (χ3v) is 3.40. The summed E-state index contributed by atoms with van der Waals surface area (Å²) in [5, 5.41) is 8.86. The Hall–Kier alpha value is -1.86. The second-order valence-corrected chi connectivity index (χ2v) is 7.24. The molecule has 0 saturated carbocycles. The van der Waals surface area contributed by atoms with Gasteiger partial charge in [0.25, 0.3) is 0 Å². The Bertz CT molecular complexity index is 589. The van der Waals surface area contributed by atoms with Gasteiger partial charge in [-0.1, -0.05) is 44.5 Å².